The van der Waals surface area contributed by atoms with Crippen LogP contribution in [0.15, 0.2) is 24.3 Å². The minimum absolute atomic E-state index is 0. The van der Waals surface area contributed by atoms with E-state index in [0.717, 1.165) is 0 Å². The topological polar surface area (TPSA) is 0 Å². The Morgan fingerprint density at radius 1 is 0.917 bits per heavy atom. The van der Waals surface area contributed by atoms with Crippen molar-refractivity contribution in [1.29, 1.82) is 0 Å². The SMILES string of the molecule is C[CH2][GeH]([CH3])[CH2]C.[CH]1C=CC=C1.[InH3]. The second-order valence-electron chi connectivity index (χ2n) is 2.88. The predicted octanol–water partition coefficient (Wildman–Crippen LogP) is 2.02. The Morgan fingerprint density at radius 2 is 1.33 bits per heavy atom. The van der Waals surface area contributed by atoms with E-state index in [1.54, 1.807) is 0 Å². The summed E-state index contributed by atoms with van der Waals surface area (Å²) in [5.41, 5.74) is 0. The van der Waals surface area contributed by atoms with E-state index in [9.17, 15) is 0 Å². The molecule has 0 aromatic rings. The van der Waals surface area contributed by atoms with Gasteiger partial charge in [0.15, 0.2) is 0 Å². The molecule has 0 heterocycles. The Kier molecular flexibility index (Phi) is 15.2. The average molecular weight is 330 g/mol. The van der Waals surface area contributed by atoms with Crippen LogP contribution in [0.2, 0.25) is 16.3 Å². The molecule has 0 bridgehead atoms. The number of hydrogen-bond acceptors (Lipinski definition) is 0. The van der Waals surface area contributed by atoms with Crippen molar-refractivity contribution in [2.24, 2.45) is 0 Å². The molecule has 1 aliphatic carbocycles. The summed E-state index contributed by atoms with van der Waals surface area (Å²) in [6, 6.07) is 0. The van der Waals surface area contributed by atoms with Crippen LogP contribution < -0.4 is 0 Å². The van der Waals surface area contributed by atoms with E-state index in [1.807, 2.05) is 30.7 Å². The molecule has 0 N–H and O–H groups in total. The summed E-state index contributed by atoms with van der Waals surface area (Å²) < 4.78 is 0. The molecule has 0 aliphatic heterocycles. The van der Waals surface area contributed by atoms with Crippen LogP contribution in [0.25, 0.3) is 0 Å². The normalized spacial score (nSPS) is 12.3. The van der Waals surface area contributed by atoms with Crippen LogP contribution in [0, 0.1) is 6.42 Å². The third-order valence-electron chi connectivity index (χ3n) is 1.95. The predicted molar refractivity (Wildman–Crippen MR) is 66.5 cm³/mol. The van der Waals surface area contributed by atoms with E-state index in [0.29, 0.717) is 0 Å². The Labute approximate surface area is 100 Å². The van der Waals surface area contributed by atoms with Gasteiger partial charge in [0.05, 0.1) is 0 Å². The first-order chi connectivity index (χ1) is 5.31. The Morgan fingerprint density at radius 3 is 1.42 bits per heavy atom. The number of hydrogen-bond donors (Lipinski definition) is 0. The van der Waals surface area contributed by atoms with Crippen LogP contribution in [0.4, 0.5) is 0 Å². The average Bonchev–Trinajstić information content (AvgIpc) is 2.60. The second kappa shape index (κ2) is 11.9. The molecule has 12 heavy (non-hydrogen) atoms. The summed E-state index contributed by atoms with van der Waals surface area (Å²) in [5.74, 6) is 2.47. The molecule has 0 atom stereocenters. The molecule has 69 valence electrons. The minimum atomic E-state index is -0.544. The first-order valence-corrected chi connectivity index (χ1v) is 10.3. The third kappa shape index (κ3) is 10.9. The van der Waals surface area contributed by atoms with Gasteiger partial charge in [-0.3, -0.25) is 0 Å². The number of rotatable bonds is 2. The van der Waals surface area contributed by atoms with Gasteiger partial charge in [0.25, 0.3) is 0 Å². The zero-order valence-corrected chi connectivity index (χ0v) is 10.3. The van der Waals surface area contributed by atoms with E-state index < -0.39 is 14.3 Å². The van der Waals surface area contributed by atoms with Crippen molar-refractivity contribution in [2.75, 3.05) is 0 Å². The molecule has 0 spiro atoms. The molecule has 0 saturated carbocycles. The van der Waals surface area contributed by atoms with Crippen molar-refractivity contribution in [2.45, 2.75) is 30.1 Å². The first-order valence-electron chi connectivity index (χ1n) is 4.47. The second-order valence-corrected chi connectivity index (χ2v) is 10.9. The molecule has 0 nitrogen and oxygen atoms in total. The summed E-state index contributed by atoms with van der Waals surface area (Å²) in [4.78, 5) is 0. The molecule has 0 fully saturated rings. The fourth-order valence-corrected chi connectivity index (χ4v) is 1.82. The van der Waals surface area contributed by atoms with Crippen molar-refractivity contribution in [3.05, 3.63) is 30.7 Å². The molecule has 1 aliphatic rings. The fourth-order valence-electron chi connectivity index (χ4n) is 0.609. The van der Waals surface area contributed by atoms with Crippen LogP contribution in [0.5, 0.6) is 0 Å². The van der Waals surface area contributed by atoms with Crippen LogP contribution >= 0.6 is 0 Å². The maximum atomic E-state index is 2.47. The molecule has 0 unspecified atom stereocenters. The molecule has 0 amide bonds. The van der Waals surface area contributed by atoms with Crippen molar-refractivity contribution >= 4 is 40.2 Å². The Bertz CT molecular complexity index is 116. The van der Waals surface area contributed by atoms with Gasteiger partial charge in [-0.2, -0.15) is 0 Å². The Hall–Kier alpha value is 0.893. The zero-order valence-electron chi connectivity index (χ0n) is 7.88. The summed E-state index contributed by atoms with van der Waals surface area (Å²) in [6.45, 7) is 4.63. The van der Waals surface area contributed by atoms with E-state index in [1.165, 1.54) is 10.5 Å². The van der Waals surface area contributed by atoms with Crippen molar-refractivity contribution in [3.63, 3.8) is 0 Å². The molecule has 1 radical (unpaired) electrons. The zero-order chi connectivity index (χ0) is 8.53. The van der Waals surface area contributed by atoms with Gasteiger partial charge in [-0.25, -0.2) is 0 Å². The van der Waals surface area contributed by atoms with E-state index in [2.05, 4.69) is 19.6 Å². The van der Waals surface area contributed by atoms with Crippen molar-refractivity contribution < 1.29 is 0 Å². The van der Waals surface area contributed by atoms with Gasteiger partial charge in [-0.15, -0.1) is 0 Å². The molecule has 2 heteroatoms. The van der Waals surface area contributed by atoms with Crippen LogP contribution in [0.3, 0.4) is 0 Å². The molecular weight excluding hydrogens is 308 g/mol. The molecule has 1 rings (SSSR count). The quantitative estimate of drug-likeness (QED) is 0.680. The van der Waals surface area contributed by atoms with E-state index in [-0.39, 0.29) is 25.8 Å². The van der Waals surface area contributed by atoms with Gasteiger partial charge in [0.1, 0.15) is 0 Å². The molecular formula is C10H22GeIn. The van der Waals surface area contributed by atoms with E-state index >= 15 is 0 Å². The van der Waals surface area contributed by atoms with E-state index in [4.69, 9.17) is 0 Å². The van der Waals surface area contributed by atoms with Crippen molar-refractivity contribution in [3.8, 4) is 0 Å². The van der Waals surface area contributed by atoms with Crippen molar-refractivity contribution in [1.82, 2.24) is 0 Å². The standard InChI is InChI=1S/C5H14Ge.C5H5.In.3H/c1-4-6(3)5-2;1-2-4-5-3-1;;;;/h6H,4-5H2,1-3H3;1-5H;;;;. The van der Waals surface area contributed by atoms with Crippen LogP contribution in [-0.2, 0) is 0 Å². The molecule has 0 saturated heterocycles. The van der Waals surface area contributed by atoms with Gasteiger partial charge in [-0.05, 0) is 0 Å². The monoisotopic (exact) mass is 331 g/mol. The van der Waals surface area contributed by atoms with Gasteiger partial charge in [-0.1, -0.05) is 24.3 Å². The van der Waals surface area contributed by atoms with Crippen LogP contribution in [0.1, 0.15) is 13.8 Å². The third-order valence-corrected chi connectivity index (χ3v) is 7.80. The summed E-state index contributed by atoms with van der Waals surface area (Å²) in [7, 11) is 0. The van der Waals surface area contributed by atoms with Crippen LogP contribution in [-0.4, -0.2) is 40.2 Å². The maximum absolute atomic E-state index is 2.47. The summed E-state index contributed by atoms with van der Waals surface area (Å²) in [6.07, 6.45) is 10.0. The molecule has 0 aromatic carbocycles. The Balaban J connectivity index is 0. The summed E-state index contributed by atoms with van der Waals surface area (Å²) in [5, 5.41) is 3.03. The van der Waals surface area contributed by atoms with Gasteiger partial charge < -0.3 is 0 Å². The van der Waals surface area contributed by atoms with Gasteiger partial charge >= 0.3 is 70.3 Å². The molecule has 0 aromatic heterocycles. The summed E-state index contributed by atoms with van der Waals surface area (Å²) >= 11 is -0.544. The first kappa shape index (κ1) is 15.4. The van der Waals surface area contributed by atoms with Gasteiger partial charge in [0.2, 0.25) is 0 Å². The van der Waals surface area contributed by atoms with Gasteiger partial charge in [0, 0.05) is 6.42 Å². The number of allylic oxidation sites excluding steroid dienone is 4. The fraction of sp³-hybridized carbons (Fsp3) is 0.500.